The second-order valence-electron chi connectivity index (χ2n) is 7.29. The highest BCUT2D eigenvalue weighted by molar-refractivity contribution is 5.99. The SMILES string of the molecule is CC(C)[C@H](N)C(=O)Nc1ncnc2c1ncn2[C@]1(C(N)=O)O[C@H](CO)[C@@H](O)C1(O)O. The minimum Gasteiger partial charge on any atom is -0.394 e. The third kappa shape index (κ3) is 3.01. The first-order chi connectivity index (χ1) is 14.0. The Morgan fingerprint density at radius 2 is 2.00 bits per heavy atom. The minimum absolute atomic E-state index is 0.0382. The van der Waals surface area contributed by atoms with Gasteiger partial charge in [0.1, 0.15) is 24.9 Å². The maximum absolute atomic E-state index is 12.3. The number of nitrogens with two attached hydrogens (primary N) is 2. The fourth-order valence-electron chi connectivity index (χ4n) is 3.22. The van der Waals surface area contributed by atoms with Crippen LogP contribution >= 0.6 is 0 Å². The summed E-state index contributed by atoms with van der Waals surface area (Å²) in [6.07, 6.45) is -1.65. The van der Waals surface area contributed by atoms with E-state index in [4.69, 9.17) is 16.2 Å². The molecule has 3 rings (SSSR count). The van der Waals surface area contributed by atoms with E-state index < -0.39 is 48.2 Å². The number of aromatic nitrogens is 4. The molecule has 0 bridgehead atoms. The average molecular weight is 425 g/mol. The lowest BCUT2D eigenvalue weighted by molar-refractivity contribution is -0.286. The number of hydrogen-bond acceptors (Lipinski definition) is 11. The summed E-state index contributed by atoms with van der Waals surface area (Å²) in [5, 5.41) is 43.0. The molecule has 0 radical (unpaired) electrons. The summed E-state index contributed by atoms with van der Waals surface area (Å²) in [5.74, 6) is -5.40. The molecule has 9 N–H and O–H groups in total. The van der Waals surface area contributed by atoms with Gasteiger partial charge < -0.3 is 41.9 Å². The number of nitrogens with one attached hydrogen (secondary N) is 1. The zero-order valence-electron chi connectivity index (χ0n) is 16.1. The second-order valence-corrected chi connectivity index (χ2v) is 7.29. The van der Waals surface area contributed by atoms with Crippen LogP contribution in [0.5, 0.6) is 0 Å². The van der Waals surface area contributed by atoms with E-state index in [9.17, 15) is 30.0 Å². The summed E-state index contributed by atoms with van der Waals surface area (Å²) in [6.45, 7) is 2.68. The molecule has 1 fully saturated rings. The summed E-state index contributed by atoms with van der Waals surface area (Å²) in [6, 6.07) is -0.838. The van der Waals surface area contributed by atoms with Crippen LogP contribution in [0.25, 0.3) is 11.2 Å². The average Bonchev–Trinajstić information content (AvgIpc) is 3.20. The van der Waals surface area contributed by atoms with E-state index in [1.54, 1.807) is 13.8 Å². The number of primary amides is 1. The van der Waals surface area contributed by atoms with Gasteiger partial charge in [-0.15, -0.1) is 0 Å². The molecule has 2 aromatic heterocycles. The first-order valence-electron chi connectivity index (χ1n) is 8.95. The van der Waals surface area contributed by atoms with Crippen LogP contribution in [0.4, 0.5) is 5.82 Å². The quantitative estimate of drug-likeness (QED) is 0.223. The number of aliphatic hydroxyl groups is 4. The number of hydrogen-bond donors (Lipinski definition) is 7. The van der Waals surface area contributed by atoms with E-state index in [2.05, 4.69) is 20.3 Å². The van der Waals surface area contributed by atoms with Gasteiger partial charge in [-0.1, -0.05) is 13.8 Å². The summed E-state index contributed by atoms with van der Waals surface area (Å²) >= 11 is 0. The number of aliphatic hydroxyl groups excluding tert-OH is 2. The van der Waals surface area contributed by atoms with Gasteiger partial charge in [0.05, 0.1) is 12.6 Å². The summed E-state index contributed by atoms with van der Waals surface area (Å²) in [7, 11) is 0. The molecule has 4 atom stereocenters. The number of anilines is 1. The second kappa shape index (κ2) is 7.50. The number of carbonyl (C=O) groups is 2. The number of ether oxygens (including phenoxy) is 1. The number of imidazole rings is 1. The Morgan fingerprint density at radius 1 is 1.33 bits per heavy atom. The van der Waals surface area contributed by atoms with Crippen LogP contribution in [0.15, 0.2) is 12.7 Å². The van der Waals surface area contributed by atoms with Crippen molar-refractivity contribution in [2.75, 3.05) is 11.9 Å². The molecular weight excluding hydrogens is 402 g/mol. The standard InChI is InChI=1S/C16H23N7O7/c1-6(2)8(17)13(26)22-11-9-12(20-4-19-11)23(5-21-9)15(14(18)27)16(28,29)10(25)7(3-24)30-15/h4-8,10,24-25,28-29H,3,17H2,1-2H3,(H2,18,27)(H,19,20,22,26)/t7-,8+,10-,15-/m1/s1. The van der Waals surface area contributed by atoms with Crippen LogP contribution in [0.2, 0.25) is 0 Å². The van der Waals surface area contributed by atoms with E-state index in [0.717, 1.165) is 17.2 Å². The van der Waals surface area contributed by atoms with Crippen molar-refractivity contribution in [2.45, 2.75) is 43.6 Å². The molecular formula is C16H23N7O7. The number of amides is 2. The van der Waals surface area contributed by atoms with Crippen LogP contribution in [0, 0.1) is 5.92 Å². The molecule has 1 saturated heterocycles. The third-order valence-corrected chi connectivity index (χ3v) is 5.03. The molecule has 0 unspecified atom stereocenters. The summed E-state index contributed by atoms with van der Waals surface area (Å²) in [5.41, 5.74) is 8.24. The first kappa shape index (κ1) is 21.9. The van der Waals surface area contributed by atoms with Crippen molar-refractivity contribution >= 4 is 28.8 Å². The molecule has 0 spiro atoms. The maximum atomic E-state index is 12.3. The number of carbonyl (C=O) groups excluding carboxylic acids is 2. The van der Waals surface area contributed by atoms with Crippen LogP contribution in [0.3, 0.4) is 0 Å². The van der Waals surface area contributed by atoms with Crippen molar-refractivity contribution < 1.29 is 34.8 Å². The highest BCUT2D eigenvalue weighted by Gasteiger charge is 2.70. The molecule has 30 heavy (non-hydrogen) atoms. The highest BCUT2D eigenvalue weighted by atomic mass is 16.6. The van der Waals surface area contributed by atoms with Gasteiger partial charge in [0.25, 0.3) is 17.4 Å². The van der Waals surface area contributed by atoms with Crippen LogP contribution < -0.4 is 16.8 Å². The van der Waals surface area contributed by atoms with E-state index in [1.165, 1.54) is 0 Å². The van der Waals surface area contributed by atoms with Crippen molar-refractivity contribution in [1.29, 1.82) is 0 Å². The molecule has 2 aromatic rings. The van der Waals surface area contributed by atoms with Gasteiger partial charge in [-0.2, -0.15) is 0 Å². The molecule has 0 aliphatic carbocycles. The Labute approximate surface area is 169 Å². The molecule has 0 saturated carbocycles. The van der Waals surface area contributed by atoms with Gasteiger partial charge in [-0.25, -0.2) is 15.0 Å². The van der Waals surface area contributed by atoms with Crippen molar-refractivity contribution in [3.63, 3.8) is 0 Å². The molecule has 3 heterocycles. The van der Waals surface area contributed by atoms with E-state index in [-0.39, 0.29) is 22.9 Å². The Bertz CT molecular complexity index is 978. The van der Waals surface area contributed by atoms with E-state index in [0.29, 0.717) is 0 Å². The monoisotopic (exact) mass is 425 g/mol. The number of rotatable bonds is 6. The lowest BCUT2D eigenvalue weighted by Gasteiger charge is -2.35. The number of nitrogens with zero attached hydrogens (tertiary/aromatic N) is 4. The van der Waals surface area contributed by atoms with Gasteiger partial charge >= 0.3 is 0 Å². The number of fused-ring (bicyclic) bond motifs is 1. The van der Waals surface area contributed by atoms with Crippen LogP contribution in [0.1, 0.15) is 13.8 Å². The van der Waals surface area contributed by atoms with Crippen molar-refractivity contribution in [3.8, 4) is 0 Å². The smallest absolute Gasteiger partial charge is 0.286 e. The molecule has 14 nitrogen and oxygen atoms in total. The molecule has 1 aliphatic rings. The summed E-state index contributed by atoms with van der Waals surface area (Å²) in [4.78, 5) is 36.5. The largest absolute Gasteiger partial charge is 0.394 e. The van der Waals surface area contributed by atoms with Gasteiger partial charge in [0.2, 0.25) is 5.91 Å². The van der Waals surface area contributed by atoms with E-state index >= 15 is 0 Å². The minimum atomic E-state index is -3.24. The Balaban J connectivity index is 2.13. The first-order valence-corrected chi connectivity index (χ1v) is 8.95. The zero-order valence-corrected chi connectivity index (χ0v) is 16.1. The Kier molecular flexibility index (Phi) is 5.48. The maximum Gasteiger partial charge on any atom is 0.286 e. The fourth-order valence-corrected chi connectivity index (χ4v) is 3.22. The normalized spacial score (nSPS) is 26.8. The van der Waals surface area contributed by atoms with Gasteiger partial charge in [-0.3, -0.25) is 14.2 Å². The summed E-state index contributed by atoms with van der Waals surface area (Å²) < 4.78 is 6.11. The predicted octanol–water partition coefficient (Wildman–Crippen LogP) is -3.68. The molecule has 14 heteroatoms. The van der Waals surface area contributed by atoms with Crippen molar-refractivity contribution in [3.05, 3.63) is 12.7 Å². The highest BCUT2D eigenvalue weighted by Crippen LogP contribution is 2.43. The van der Waals surface area contributed by atoms with Gasteiger partial charge in [-0.05, 0) is 5.92 Å². The Hall–Kier alpha value is -2.75. The molecule has 0 aromatic carbocycles. The van der Waals surface area contributed by atoms with Crippen LogP contribution in [-0.2, 0) is 20.1 Å². The predicted molar refractivity (Wildman–Crippen MR) is 99.1 cm³/mol. The topological polar surface area (TPSA) is 232 Å². The molecule has 2 amide bonds. The fraction of sp³-hybridized carbons (Fsp3) is 0.562. The lowest BCUT2D eigenvalue weighted by Crippen LogP contribution is -2.63. The van der Waals surface area contributed by atoms with Crippen molar-refractivity contribution in [1.82, 2.24) is 19.5 Å². The molecule has 164 valence electrons. The van der Waals surface area contributed by atoms with Crippen molar-refractivity contribution in [2.24, 2.45) is 17.4 Å². The van der Waals surface area contributed by atoms with E-state index in [1.807, 2.05) is 0 Å². The van der Waals surface area contributed by atoms with Gasteiger partial charge in [0, 0.05) is 0 Å². The van der Waals surface area contributed by atoms with Crippen LogP contribution in [-0.4, -0.2) is 82.4 Å². The Morgan fingerprint density at radius 3 is 2.53 bits per heavy atom. The van der Waals surface area contributed by atoms with Gasteiger partial charge in [0.15, 0.2) is 17.0 Å². The molecule has 1 aliphatic heterocycles. The third-order valence-electron chi connectivity index (χ3n) is 5.03. The zero-order chi connectivity index (χ0) is 22.4. The lowest BCUT2D eigenvalue weighted by atomic mass is 9.97.